The van der Waals surface area contributed by atoms with Crippen LogP contribution in [0.4, 0.5) is 4.39 Å². The van der Waals surface area contributed by atoms with Crippen LogP contribution in [0.3, 0.4) is 0 Å². The summed E-state index contributed by atoms with van der Waals surface area (Å²) < 4.78 is 23.5. The second kappa shape index (κ2) is 9.32. The van der Waals surface area contributed by atoms with Crippen LogP contribution in [-0.2, 0) is 11.3 Å². The van der Waals surface area contributed by atoms with E-state index in [0.29, 0.717) is 23.8 Å². The van der Waals surface area contributed by atoms with Gasteiger partial charge in [-0.3, -0.25) is 4.79 Å². The van der Waals surface area contributed by atoms with Gasteiger partial charge in [-0.05, 0) is 30.3 Å². The highest BCUT2D eigenvalue weighted by molar-refractivity contribution is 7.99. The Morgan fingerprint density at radius 3 is 2.52 bits per heavy atom. The highest BCUT2D eigenvalue weighted by Crippen LogP contribution is 2.30. The lowest BCUT2D eigenvalue weighted by atomic mass is 10.1. The van der Waals surface area contributed by atoms with Crippen molar-refractivity contribution in [3.05, 3.63) is 53.8 Å². The van der Waals surface area contributed by atoms with Gasteiger partial charge < -0.3 is 14.8 Å². The summed E-state index contributed by atoms with van der Waals surface area (Å²) >= 11 is 1.53. The molecule has 0 aliphatic carbocycles. The highest BCUT2D eigenvalue weighted by atomic mass is 32.2. The lowest BCUT2D eigenvalue weighted by Gasteiger charge is -2.15. The summed E-state index contributed by atoms with van der Waals surface area (Å²) in [4.78, 5) is 13.2. The van der Waals surface area contributed by atoms with Gasteiger partial charge in [-0.2, -0.15) is 0 Å². The Morgan fingerprint density at radius 2 is 1.88 bits per heavy atom. The second-order valence-electron chi connectivity index (χ2n) is 5.54. The van der Waals surface area contributed by atoms with Crippen LogP contribution < -0.4 is 14.8 Å². The van der Waals surface area contributed by atoms with Gasteiger partial charge in [0.2, 0.25) is 5.91 Å². The molecule has 0 aliphatic rings. The van der Waals surface area contributed by atoms with Crippen LogP contribution in [0.2, 0.25) is 0 Å². The first-order chi connectivity index (χ1) is 12.0. The average Bonchev–Trinajstić information content (AvgIpc) is 2.64. The van der Waals surface area contributed by atoms with E-state index in [9.17, 15) is 9.18 Å². The number of benzene rings is 2. The molecule has 1 N–H and O–H groups in total. The molecule has 0 saturated carbocycles. The average molecular weight is 363 g/mol. The van der Waals surface area contributed by atoms with Crippen LogP contribution in [0, 0.1) is 11.7 Å². The van der Waals surface area contributed by atoms with Crippen molar-refractivity contribution in [2.24, 2.45) is 5.92 Å². The molecule has 4 nitrogen and oxygen atoms in total. The predicted molar refractivity (Wildman–Crippen MR) is 97.7 cm³/mol. The van der Waals surface area contributed by atoms with Crippen molar-refractivity contribution in [3.8, 4) is 11.5 Å². The summed E-state index contributed by atoms with van der Waals surface area (Å²) in [5, 5.41) is 2.92. The number of thioether (sulfide) groups is 1. The first-order valence-corrected chi connectivity index (χ1v) is 8.89. The molecule has 0 radical (unpaired) electrons. The summed E-state index contributed by atoms with van der Waals surface area (Å²) in [5.74, 6) is 1.40. The summed E-state index contributed by atoms with van der Waals surface area (Å²) in [6, 6.07) is 11.8. The molecule has 0 spiro atoms. The van der Waals surface area contributed by atoms with Crippen LogP contribution in [0.15, 0.2) is 47.4 Å². The smallest absolute Gasteiger partial charge is 0.223 e. The SMILES string of the molecule is COc1cccc(CNC(=O)C(C)CSc2ccc(F)cc2)c1OC. The Morgan fingerprint density at radius 1 is 1.16 bits per heavy atom. The molecule has 0 bridgehead atoms. The molecule has 2 aromatic rings. The summed E-state index contributed by atoms with van der Waals surface area (Å²) in [6.45, 7) is 2.24. The number of amides is 1. The maximum atomic E-state index is 12.9. The fourth-order valence-electron chi connectivity index (χ4n) is 2.28. The Kier molecular flexibility index (Phi) is 7.13. The number of para-hydroxylation sites is 1. The highest BCUT2D eigenvalue weighted by Gasteiger charge is 2.15. The molecule has 2 rings (SSSR count). The first-order valence-electron chi connectivity index (χ1n) is 7.91. The van der Waals surface area contributed by atoms with Crippen LogP contribution in [0.25, 0.3) is 0 Å². The van der Waals surface area contributed by atoms with Gasteiger partial charge in [-0.25, -0.2) is 4.39 Å². The fourth-order valence-corrected chi connectivity index (χ4v) is 3.20. The molecule has 0 heterocycles. The van der Waals surface area contributed by atoms with Gasteiger partial charge in [0.1, 0.15) is 5.82 Å². The Bertz CT molecular complexity index is 706. The van der Waals surface area contributed by atoms with Crippen molar-refractivity contribution in [2.45, 2.75) is 18.4 Å². The minimum Gasteiger partial charge on any atom is -0.493 e. The monoisotopic (exact) mass is 363 g/mol. The number of carbonyl (C=O) groups excluding carboxylic acids is 1. The molecule has 1 unspecified atom stereocenters. The predicted octanol–water partition coefficient (Wildman–Crippen LogP) is 3.89. The molecule has 2 aromatic carbocycles. The van der Waals surface area contributed by atoms with Gasteiger partial charge in [-0.1, -0.05) is 19.1 Å². The molecule has 134 valence electrons. The van der Waals surface area contributed by atoms with Gasteiger partial charge in [0, 0.05) is 28.7 Å². The van der Waals surface area contributed by atoms with E-state index in [1.165, 1.54) is 23.9 Å². The molecular weight excluding hydrogens is 341 g/mol. The number of nitrogens with one attached hydrogen (secondary N) is 1. The number of carbonyl (C=O) groups is 1. The van der Waals surface area contributed by atoms with Crippen molar-refractivity contribution in [1.82, 2.24) is 5.32 Å². The third-order valence-corrected chi connectivity index (χ3v) is 4.97. The lowest BCUT2D eigenvalue weighted by molar-refractivity contribution is -0.124. The minimum absolute atomic E-state index is 0.0421. The van der Waals surface area contributed by atoms with E-state index >= 15 is 0 Å². The Balaban J connectivity index is 1.88. The molecule has 0 aliphatic heterocycles. The molecule has 0 aromatic heterocycles. The number of ether oxygens (including phenoxy) is 2. The van der Waals surface area contributed by atoms with Crippen molar-refractivity contribution >= 4 is 17.7 Å². The standard InChI is InChI=1S/C19H22FNO3S/c1-13(12-25-16-9-7-15(20)8-10-16)19(22)21-11-14-5-4-6-17(23-2)18(14)24-3/h4-10,13H,11-12H2,1-3H3,(H,21,22). The maximum absolute atomic E-state index is 12.9. The van der Waals surface area contributed by atoms with Gasteiger partial charge in [0.15, 0.2) is 11.5 Å². The molecule has 25 heavy (non-hydrogen) atoms. The van der Waals surface area contributed by atoms with E-state index in [-0.39, 0.29) is 17.6 Å². The van der Waals surface area contributed by atoms with E-state index < -0.39 is 0 Å². The topological polar surface area (TPSA) is 47.6 Å². The molecule has 0 fully saturated rings. The van der Waals surface area contributed by atoms with E-state index in [4.69, 9.17) is 9.47 Å². The number of hydrogen-bond acceptors (Lipinski definition) is 4. The van der Waals surface area contributed by atoms with E-state index in [1.54, 1.807) is 26.4 Å². The van der Waals surface area contributed by atoms with E-state index in [1.807, 2.05) is 25.1 Å². The van der Waals surface area contributed by atoms with Gasteiger partial charge in [0.05, 0.1) is 14.2 Å². The molecule has 1 atom stereocenters. The third-order valence-electron chi connectivity index (χ3n) is 3.70. The Hall–Kier alpha value is -2.21. The number of hydrogen-bond donors (Lipinski definition) is 1. The van der Waals surface area contributed by atoms with Gasteiger partial charge >= 0.3 is 0 Å². The fraction of sp³-hybridized carbons (Fsp3) is 0.316. The van der Waals surface area contributed by atoms with Crippen LogP contribution in [-0.4, -0.2) is 25.9 Å². The number of halogens is 1. The van der Waals surface area contributed by atoms with Gasteiger partial charge in [-0.15, -0.1) is 11.8 Å². The number of rotatable bonds is 8. The van der Waals surface area contributed by atoms with Crippen LogP contribution in [0.5, 0.6) is 11.5 Å². The summed E-state index contributed by atoms with van der Waals surface area (Å²) in [5.41, 5.74) is 0.855. The van der Waals surface area contributed by atoms with Crippen molar-refractivity contribution < 1.29 is 18.7 Å². The second-order valence-corrected chi connectivity index (χ2v) is 6.63. The molecule has 6 heteroatoms. The zero-order valence-electron chi connectivity index (χ0n) is 14.5. The zero-order valence-corrected chi connectivity index (χ0v) is 15.4. The van der Waals surface area contributed by atoms with Crippen molar-refractivity contribution in [3.63, 3.8) is 0 Å². The van der Waals surface area contributed by atoms with E-state index in [0.717, 1.165) is 10.5 Å². The lowest BCUT2D eigenvalue weighted by Crippen LogP contribution is -2.30. The van der Waals surface area contributed by atoms with Crippen LogP contribution >= 0.6 is 11.8 Å². The summed E-state index contributed by atoms with van der Waals surface area (Å²) in [6.07, 6.45) is 0. The molecule has 1 amide bonds. The zero-order chi connectivity index (χ0) is 18.2. The summed E-state index contributed by atoms with van der Waals surface area (Å²) in [7, 11) is 3.15. The largest absolute Gasteiger partial charge is 0.493 e. The Labute approximate surface area is 151 Å². The minimum atomic E-state index is -0.262. The maximum Gasteiger partial charge on any atom is 0.223 e. The third kappa shape index (κ3) is 5.39. The van der Waals surface area contributed by atoms with Gasteiger partial charge in [0.25, 0.3) is 0 Å². The quantitative estimate of drug-likeness (QED) is 0.723. The van der Waals surface area contributed by atoms with Crippen LogP contribution in [0.1, 0.15) is 12.5 Å². The van der Waals surface area contributed by atoms with Crippen molar-refractivity contribution in [2.75, 3.05) is 20.0 Å². The molecule has 0 saturated heterocycles. The first kappa shape index (κ1) is 19.1. The normalized spacial score (nSPS) is 11.7. The number of methoxy groups -OCH3 is 2. The van der Waals surface area contributed by atoms with Crippen molar-refractivity contribution in [1.29, 1.82) is 0 Å². The molecular formula is C19H22FNO3S. The van der Waals surface area contributed by atoms with E-state index in [2.05, 4.69) is 5.32 Å².